The second kappa shape index (κ2) is 5.73. The molecule has 0 atom stereocenters. The van der Waals surface area contributed by atoms with Gasteiger partial charge in [0.15, 0.2) is 0 Å². The van der Waals surface area contributed by atoms with Gasteiger partial charge in [0.05, 0.1) is 6.54 Å². The smallest absolute Gasteiger partial charge is 0.223 e. The molecular weight excluding hydrogens is 286 g/mol. The Labute approximate surface area is 101 Å². The highest BCUT2D eigenvalue weighted by Gasteiger charge is 2.09. The van der Waals surface area contributed by atoms with Crippen molar-refractivity contribution in [2.24, 2.45) is 0 Å². The number of hydrogen-bond donors (Lipinski definition) is 0. The van der Waals surface area contributed by atoms with Gasteiger partial charge in [0, 0.05) is 34.1 Å². The van der Waals surface area contributed by atoms with Crippen molar-refractivity contribution in [1.29, 1.82) is 0 Å². The number of halogens is 2. The van der Waals surface area contributed by atoms with Crippen molar-refractivity contribution in [3.05, 3.63) is 20.8 Å². The lowest BCUT2D eigenvalue weighted by Crippen LogP contribution is -2.25. The average Bonchev–Trinajstić information content (AvgIpc) is 2.51. The number of nitrogens with zero attached hydrogens (tertiary/aromatic N) is 1. The molecule has 2 nitrogen and oxygen atoms in total. The third-order valence-electron chi connectivity index (χ3n) is 1.75. The summed E-state index contributed by atoms with van der Waals surface area (Å²) < 4.78 is 1.07. The van der Waals surface area contributed by atoms with Gasteiger partial charge in [-0.15, -0.1) is 22.9 Å². The number of alkyl halides is 1. The number of thiophene rings is 1. The summed E-state index contributed by atoms with van der Waals surface area (Å²) in [6.07, 6.45) is 0.407. The van der Waals surface area contributed by atoms with E-state index in [2.05, 4.69) is 15.9 Å². The fourth-order valence-corrected chi connectivity index (χ4v) is 2.70. The lowest BCUT2D eigenvalue weighted by Gasteiger charge is -2.15. The van der Waals surface area contributed by atoms with Gasteiger partial charge >= 0.3 is 0 Å². The summed E-state index contributed by atoms with van der Waals surface area (Å²) in [4.78, 5) is 14.3. The first-order valence-corrected chi connectivity index (χ1v) is 6.37. The Bertz CT molecular complexity index is 316. The van der Waals surface area contributed by atoms with E-state index in [4.69, 9.17) is 11.6 Å². The van der Waals surface area contributed by atoms with Crippen LogP contribution in [0.3, 0.4) is 0 Å². The van der Waals surface area contributed by atoms with Gasteiger partial charge < -0.3 is 4.90 Å². The second-order valence-electron chi connectivity index (χ2n) is 2.92. The van der Waals surface area contributed by atoms with Crippen molar-refractivity contribution in [2.75, 3.05) is 12.9 Å². The van der Waals surface area contributed by atoms with Crippen LogP contribution in [0.25, 0.3) is 0 Å². The van der Waals surface area contributed by atoms with E-state index < -0.39 is 0 Å². The van der Waals surface area contributed by atoms with Crippen LogP contribution in [-0.2, 0) is 11.3 Å². The third kappa shape index (κ3) is 3.59. The van der Waals surface area contributed by atoms with Gasteiger partial charge in [-0.2, -0.15) is 0 Å². The van der Waals surface area contributed by atoms with Crippen molar-refractivity contribution < 1.29 is 4.79 Å². The molecule has 0 saturated heterocycles. The van der Waals surface area contributed by atoms with Gasteiger partial charge in [-0.25, -0.2) is 0 Å². The van der Waals surface area contributed by atoms with Crippen LogP contribution in [0.15, 0.2) is 15.9 Å². The van der Waals surface area contributed by atoms with E-state index >= 15 is 0 Å². The summed E-state index contributed by atoms with van der Waals surface area (Å²) in [6.45, 7) is 0.659. The number of rotatable bonds is 4. The zero-order valence-electron chi connectivity index (χ0n) is 7.80. The maximum absolute atomic E-state index is 11.4. The zero-order chi connectivity index (χ0) is 10.6. The standard InChI is InChI=1S/C9H11BrClNOS/c1-12(9(13)2-3-11)5-8-4-7(10)6-14-8/h4,6H,2-3,5H2,1H3. The van der Waals surface area contributed by atoms with Crippen LogP contribution >= 0.6 is 38.9 Å². The monoisotopic (exact) mass is 295 g/mol. The Balaban J connectivity index is 2.48. The molecule has 0 spiro atoms. The molecule has 0 aliphatic rings. The minimum atomic E-state index is 0.0875. The topological polar surface area (TPSA) is 20.3 Å². The summed E-state index contributed by atoms with van der Waals surface area (Å²) in [5.74, 6) is 0.474. The molecule has 1 aromatic rings. The predicted molar refractivity (Wildman–Crippen MR) is 63.8 cm³/mol. The van der Waals surface area contributed by atoms with Crippen LogP contribution in [0.1, 0.15) is 11.3 Å². The quantitative estimate of drug-likeness (QED) is 0.782. The van der Waals surface area contributed by atoms with Crippen molar-refractivity contribution in [2.45, 2.75) is 13.0 Å². The maximum atomic E-state index is 11.4. The molecule has 0 aliphatic heterocycles. The number of carbonyl (C=O) groups excluding carboxylic acids is 1. The van der Waals surface area contributed by atoms with E-state index in [-0.39, 0.29) is 5.91 Å². The summed E-state index contributed by atoms with van der Waals surface area (Å²) >= 11 is 10.5. The second-order valence-corrected chi connectivity index (χ2v) is 5.21. The summed E-state index contributed by atoms with van der Waals surface area (Å²) in [6, 6.07) is 2.02. The van der Waals surface area contributed by atoms with Crippen molar-refractivity contribution in [1.82, 2.24) is 4.90 Å². The molecule has 1 aromatic heterocycles. The Hall–Kier alpha value is -0.0600. The summed E-state index contributed by atoms with van der Waals surface area (Å²) in [5, 5.41) is 2.01. The van der Waals surface area contributed by atoms with E-state index in [9.17, 15) is 4.79 Å². The molecule has 0 radical (unpaired) electrons. The number of carbonyl (C=O) groups is 1. The minimum absolute atomic E-state index is 0.0875. The van der Waals surface area contributed by atoms with Crippen LogP contribution in [0, 0.1) is 0 Å². The van der Waals surface area contributed by atoms with E-state index in [1.807, 2.05) is 11.4 Å². The highest BCUT2D eigenvalue weighted by Crippen LogP contribution is 2.20. The molecule has 0 aliphatic carbocycles. The maximum Gasteiger partial charge on any atom is 0.223 e. The predicted octanol–water partition coefficient (Wildman–Crippen LogP) is 3.10. The lowest BCUT2D eigenvalue weighted by molar-refractivity contribution is -0.129. The van der Waals surface area contributed by atoms with Crippen LogP contribution in [-0.4, -0.2) is 23.7 Å². The normalized spacial score (nSPS) is 10.2. The van der Waals surface area contributed by atoms with Gasteiger partial charge in [0.25, 0.3) is 0 Å². The van der Waals surface area contributed by atoms with Gasteiger partial charge in [-0.3, -0.25) is 4.79 Å². The van der Waals surface area contributed by atoms with Crippen molar-refractivity contribution >= 4 is 44.8 Å². The van der Waals surface area contributed by atoms with Gasteiger partial charge in [0.2, 0.25) is 5.91 Å². The highest BCUT2D eigenvalue weighted by atomic mass is 79.9. The average molecular weight is 297 g/mol. The van der Waals surface area contributed by atoms with Gasteiger partial charge in [0.1, 0.15) is 0 Å². The third-order valence-corrected chi connectivity index (χ3v) is 3.62. The van der Waals surface area contributed by atoms with E-state index in [1.165, 1.54) is 4.88 Å². The fourth-order valence-electron chi connectivity index (χ4n) is 1.03. The molecule has 0 saturated carbocycles. The number of amides is 1. The Kier molecular flexibility index (Phi) is 4.92. The Morgan fingerprint density at radius 1 is 1.71 bits per heavy atom. The Morgan fingerprint density at radius 3 is 2.93 bits per heavy atom. The SMILES string of the molecule is CN(Cc1cc(Br)cs1)C(=O)CCCl. The van der Waals surface area contributed by atoms with E-state index in [0.29, 0.717) is 18.8 Å². The van der Waals surface area contributed by atoms with E-state index in [0.717, 1.165) is 4.47 Å². The molecule has 14 heavy (non-hydrogen) atoms. The van der Waals surface area contributed by atoms with Gasteiger partial charge in [-0.1, -0.05) is 0 Å². The van der Waals surface area contributed by atoms with Crippen molar-refractivity contribution in [3.8, 4) is 0 Å². The first kappa shape index (κ1) is 12.0. The van der Waals surface area contributed by atoms with Crippen LogP contribution in [0.2, 0.25) is 0 Å². The molecule has 0 N–H and O–H groups in total. The van der Waals surface area contributed by atoms with Gasteiger partial charge in [-0.05, 0) is 22.0 Å². The molecule has 0 aromatic carbocycles. The molecule has 1 amide bonds. The largest absolute Gasteiger partial charge is 0.341 e. The zero-order valence-corrected chi connectivity index (χ0v) is 11.0. The lowest BCUT2D eigenvalue weighted by atomic mass is 10.4. The first-order valence-electron chi connectivity index (χ1n) is 4.16. The summed E-state index contributed by atoms with van der Waals surface area (Å²) in [7, 11) is 1.79. The van der Waals surface area contributed by atoms with Crippen LogP contribution in [0.5, 0.6) is 0 Å². The fraction of sp³-hybridized carbons (Fsp3) is 0.444. The molecule has 78 valence electrons. The number of hydrogen-bond acceptors (Lipinski definition) is 2. The highest BCUT2D eigenvalue weighted by molar-refractivity contribution is 9.10. The summed E-state index contributed by atoms with van der Waals surface area (Å²) in [5.41, 5.74) is 0. The minimum Gasteiger partial charge on any atom is -0.341 e. The molecule has 0 bridgehead atoms. The van der Waals surface area contributed by atoms with Crippen LogP contribution < -0.4 is 0 Å². The first-order chi connectivity index (χ1) is 6.63. The van der Waals surface area contributed by atoms with Crippen LogP contribution in [0.4, 0.5) is 0 Å². The van der Waals surface area contributed by atoms with E-state index in [1.54, 1.807) is 23.3 Å². The van der Waals surface area contributed by atoms with Crippen molar-refractivity contribution in [3.63, 3.8) is 0 Å². The Morgan fingerprint density at radius 2 is 2.43 bits per heavy atom. The molecule has 5 heteroatoms. The molecular formula is C9H11BrClNOS. The molecule has 1 rings (SSSR count). The molecule has 0 unspecified atom stereocenters. The molecule has 0 fully saturated rings. The molecule has 1 heterocycles.